The molecule has 0 aromatic heterocycles. The minimum absolute atomic E-state index is 0.141. The van der Waals surface area contributed by atoms with Crippen molar-refractivity contribution in [3.8, 4) is 0 Å². The first-order chi connectivity index (χ1) is 11.2. The van der Waals surface area contributed by atoms with Gasteiger partial charge in [0.1, 0.15) is 5.82 Å². The molecule has 0 aliphatic carbocycles. The van der Waals surface area contributed by atoms with Crippen LogP contribution in [0.15, 0.2) is 24.3 Å². The van der Waals surface area contributed by atoms with E-state index in [9.17, 15) is 12.8 Å². The smallest absolute Gasteiger partial charge is 0.279 e. The Bertz CT molecular complexity index is 644. The van der Waals surface area contributed by atoms with Gasteiger partial charge in [0.15, 0.2) is 0 Å². The van der Waals surface area contributed by atoms with Crippen molar-refractivity contribution in [1.82, 2.24) is 13.9 Å². The number of ether oxygens (including phenoxy) is 1. The first-order valence-corrected chi connectivity index (χ1v) is 9.45. The molecular weight excluding hydrogens is 333 g/mol. The van der Waals surface area contributed by atoms with E-state index in [0.29, 0.717) is 13.1 Å². The molecule has 1 saturated heterocycles. The van der Waals surface area contributed by atoms with Crippen LogP contribution in [0.1, 0.15) is 25.5 Å². The van der Waals surface area contributed by atoms with Gasteiger partial charge in [-0.25, -0.2) is 9.11 Å². The van der Waals surface area contributed by atoms with Crippen molar-refractivity contribution in [3.63, 3.8) is 0 Å². The Morgan fingerprint density at radius 2 is 1.96 bits per heavy atom. The molecule has 8 heteroatoms. The first kappa shape index (κ1) is 19.3. The summed E-state index contributed by atoms with van der Waals surface area (Å²) >= 11 is 0. The molecule has 136 valence electrons. The van der Waals surface area contributed by atoms with Gasteiger partial charge in [-0.05, 0) is 45.6 Å². The molecule has 1 aliphatic heterocycles. The third-order valence-corrected chi connectivity index (χ3v) is 5.55. The summed E-state index contributed by atoms with van der Waals surface area (Å²) in [6, 6.07) is 5.96. The number of morpholine rings is 1. The number of nitrogens with zero attached hydrogens (tertiary/aromatic N) is 2. The molecule has 1 aromatic rings. The van der Waals surface area contributed by atoms with Gasteiger partial charge in [0.2, 0.25) is 0 Å². The van der Waals surface area contributed by atoms with Crippen LogP contribution >= 0.6 is 0 Å². The fourth-order valence-electron chi connectivity index (χ4n) is 2.91. The molecule has 24 heavy (non-hydrogen) atoms. The molecule has 0 saturated carbocycles. The third-order valence-electron chi connectivity index (χ3n) is 4.04. The molecule has 0 radical (unpaired) electrons. The van der Waals surface area contributed by atoms with E-state index in [1.807, 2.05) is 32.8 Å². The van der Waals surface area contributed by atoms with E-state index in [0.717, 1.165) is 5.56 Å². The Morgan fingerprint density at radius 3 is 2.50 bits per heavy atom. The highest BCUT2D eigenvalue weighted by Crippen LogP contribution is 2.19. The van der Waals surface area contributed by atoms with Gasteiger partial charge in [-0.1, -0.05) is 12.1 Å². The normalized spacial score (nSPS) is 24.2. The second-order valence-electron chi connectivity index (χ2n) is 6.46. The van der Waals surface area contributed by atoms with Crippen LogP contribution in [-0.4, -0.2) is 63.6 Å². The topological polar surface area (TPSA) is 61.9 Å². The van der Waals surface area contributed by atoms with Crippen LogP contribution in [0.4, 0.5) is 4.39 Å². The van der Waals surface area contributed by atoms with Crippen molar-refractivity contribution in [2.45, 2.75) is 32.1 Å². The Morgan fingerprint density at radius 1 is 1.33 bits per heavy atom. The van der Waals surface area contributed by atoms with Gasteiger partial charge in [-0.15, -0.1) is 0 Å². The zero-order valence-electron chi connectivity index (χ0n) is 14.6. The summed E-state index contributed by atoms with van der Waals surface area (Å²) in [6.07, 6.45) is -0.281. The van der Waals surface area contributed by atoms with E-state index in [2.05, 4.69) is 4.72 Å². The summed E-state index contributed by atoms with van der Waals surface area (Å²) in [5.74, 6) is -0.335. The SMILES string of the molecule is C[C@@H]1CN(S(=O)(=O)NC[C@@H](c2cccc(F)c2)N(C)C)C[C@H](C)O1. The number of benzene rings is 1. The van der Waals surface area contributed by atoms with Crippen molar-refractivity contribution in [2.24, 2.45) is 0 Å². The Kier molecular flexibility index (Phi) is 6.33. The summed E-state index contributed by atoms with van der Waals surface area (Å²) in [4.78, 5) is 1.86. The number of rotatable bonds is 6. The lowest BCUT2D eigenvalue weighted by atomic mass is 10.1. The van der Waals surface area contributed by atoms with E-state index < -0.39 is 10.2 Å². The maximum absolute atomic E-state index is 13.5. The van der Waals surface area contributed by atoms with Gasteiger partial charge < -0.3 is 9.64 Å². The van der Waals surface area contributed by atoms with Crippen LogP contribution in [0, 0.1) is 5.82 Å². The summed E-state index contributed by atoms with van der Waals surface area (Å²) in [5.41, 5.74) is 0.728. The molecule has 6 nitrogen and oxygen atoms in total. The van der Waals surface area contributed by atoms with Crippen molar-refractivity contribution >= 4 is 10.2 Å². The summed E-state index contributed by atoms with van der Waals surface area (Å²) in [5, 5.41) is 0. The average molecular weight is 359 g/mol. The highest BCUT2D eigenvalue weighted by molar-refractivity contribution is 7.87. The standard InChI is InChI=1S/C16H26FN3O3S/c1-12-10-20(11-13(2)23-12)24(21,22)18-9-16(19(3)4)14-6-5-7-15(17)8-14/h5-8,12-13,16,18H,9-11H2,1-4H3/t12-,13+,16-/m0/s1. The number of likely N-dealkylation sites (N-methyl/N-ethyl adjacent to an activating group) is 1. The highest BCUT2D eigenvalue weighted by atomic mass is 32.2. The quantitative estimate of drug-likeness (QED) is 0.833. The summed E-state index contributed by atoms with van der Waals surface area (Å²) in [7, 11) is 0.0592. The fourth-order valence-corrected chi connectivity index (χ4v) is 4.28. The molecule has 1 heterocycles. The number of hydrogen-bond donors (Lipinski definition) is 1. The molecule has 0 bridgehead atoms. The second kappa shape index (κ2) is 7.88. The van der Waals surface area contributed by atoms with Gasteiger partial charge in [0.25, 0.3) is 10.2 Å². The molecular formula is C16H26FN3O3S. The van der Waals surface area contributed by atoms with Crippen molar-refractivity contribution in [2.75, 3.05) is 33.7 Å². The number of nitrogens with one attached hydrogen (secondary N) is 1. The largest absolute Gasteiger partial charge is 0.373 e. The predicted molar refractivity (Wildman–Crippen MR) is 91.3 cm³/mol. The lowest BCUT2D eigenvalue weighted by Crippen LogP contribution is -2.52. The molecule has 0 amide bonds. The van der Waals surface area contributed by atoms with Crippen LogP contribution in [0.2, 0.25) is 0 Å². The van der Waals surface area contributed by atoms with Crippen LogP contribution < -0.4 is 4.72 Å². The number of hydrogen-bond acceptors (Lipinski definition) is 4. The molecule has 0 spiro atoms. The van der Waals surface area contributed by atoms with Crippen molar-refractivity contribution < 1.29 is 17.5 Å². The highest BCUT2D eigenvalue weighted by Gasteiger charge is 2.31. The Labute approximate surface area is 143 Å². The van der Waals surface area contributed by atoms with Gasteiger partial charge in [-0.2, -0.15) is 12.7 Å². The van der Waals surface area contributed by atoms with Crippen molar-refractivity contribution in [1.29, 1.82) is 0 Å². The summed E-state index contributed by atoms with van der Waals surface area (Å²) < 4.78 is 48.2. The van der Waals surface area contributed by atoms with Crippen LogP contribution in [-0.2, 0) is 14.9 Å². The lowest BCUT2D eigenvalue weighted by molar-refractivity contribution is -0.0444. The Hall–Kier alpha value is -1.06. The third kappa shape index (κ3) is 4.97. The molecule has 0 unspecified atom stereocenters. The van der Waals surface area contributed by atoms with Crippen molar-refractivity contribution in [3.05, 3.63) is 35.6 Å². The van der Waals surface area contributed by atoms with Gasteiger partial charge >= 0.3 is 0 Å². The zero-order chi connectivity index (χ0) is 17.9. The molecule has 2 rings (SSSR count). The van der Waals surface area contributed by atoms with E-state index in [1.165, 1.54) is 16.4 Å². The summed E-state index contributed by atoms with van der Waals surface area (Å²) in [6.45, 7) is 4.53. The average Bonchev–Trinajstić information content (AvgIpc) is 2.46. The number of halogens is 1. The minimum Gasteiger partial charge on any atom is -0.373 e. The molecule has 1 fully saturated rings. The lowest BCUT2D eigenvalue weighted by Gasteiger charge is -2.35. The van der Waals surface area contributed by atoms with E-state index >= 15 is 0 Å². The fraction of sp³-hybridized carbons (Fsp3) is 0.625. The molecule has 1 aromatic carbocycles. The molecule has 1 N–H and O–H groups in total. The first-order valence-electron chi connectivity index (χ1n) is 8.01. The molecule has 3 atom stereocenters. The van der Waals surface area contributed by atoms with E-state index in [1.54, 1.807) is 12.1 Å². The van der Waals surface area contributed by atoms with Crippen LogP contribution in [0.25, 0.3) is 0 Å². The van der Waals surface area contributed by atoms with Gasteiger partial charge in [0, 0.05) is 25.7 Å². The monoisotopic (exact) mass is 359 g/mol. The minimum atomic E-state index is -3.61. The van der Waals surface area contributed by atoms with Gasteiger partial charge in [-0.3, -0.25) is 0 Å². The Balaban J connectivity index is 2.08. The van der Waals surface area contributed by atoms with Gasteiger partial charge in [0.05, 0.1) is 12.2 Å². The maximum Gasteiger partial charge on any atom is 0.279 e. The van der Waals surface area contributed by atoms with Crippen LogP contribution in [0.5, 0.6) is 0 Å². The van der Waals surface area contributed by atoms with E-state index in [-0.39, 0.29) is 30.6 Å². The second-order valence-corrected chi connectivity index (χ2v) is 8.22. The maximum atomic E-state index is 13.5. The molecule has 1 aliphatic rings. The van der Waals surface area contributed by atoms with E-state index in [4.69, 9.17) is 4.74 Å². The predicted octanol–water partition coefficient (Wildman–Crippen LogP) is 1.37. The van der Waals surface area contributed by atoms with Crippen LogP contribution in [0.3, 0.4) is 0 Å². The zero-order valence-corrected chi connectivity index (χ0v) is 15.4.